The van der Waals surface area contributed by atoms with Gasteiger partial charge in [0.25, 0.3) is 0 Å². The van der Waals surface area contributed by atoms with Crippen LogP contribution in [0.4, 0.5) is 0 Å². The summed E-state index contributed by atoms with van der Waals surface area (Å²) in [5, 5.41) is 3.67. The summed E-state index contributed by atoms with van der Waals surface area (Å²) in [4.78, 5) is 2.69. The molecule has 106 valence electrons. The monoisotopic (exact) mass is 252 g/mol. The minimum Gasteiger partial charge on any atom is -0.311 e. The molecule has 2 rings (SSSR count). The number of hydrogen-bond acceptors (Lipinski definition) is 2. The van der Waals surface area contributed by atoms with E-state index in [4.69, 9.17) is 0 Å². The fourth-order valence-corrected chi connectivity index (χ4v) is 3.73. The zero-order chi connectivity index (χ0) is 12.8. The lowest BCUT2D eigenvalue weighted by Gasteiger charge is -2.34. The maximum atomic E-state index is 3.67. The molecule has 0 aromatic carbocycles. The van der Waals surface area contributed by atoms with Crippen LogP contribution >= 0.6 is 0 Å². The Morgan fingerprint density at radius 2 is 2.00 bits per heavy atom. The summed E-state index contributed by atoms with van der Waals surface area (Å²) in [6, 6.07) is 0.741. The molecule has 1 aliphatic carbocycles. The van der Waals surface area contributed by atoms with Gasteiger partial charge in [-0.1, -0.05) is 39.5 Å². The molecule has 0 aromatic rings. The van der Waals surface area contributed by atoms with E-state index < -0.39 is 0 Å². The van der Waals surface area contributed by atoms with Crippen LogP contribution in [0.3, 0.4) is 0 Å². The molecule has 2 aliphatic rings. The highest BCUT2D eigenvalue weighted by Gasteiger charge is 2.20. The minimum atomic E-state index is 0.741. The Bertz CT molecular complexity index is 221. The van der Waals surface area contributed by atoms with Crippen LogP contribution in [0.15, 0.2) is 0 Å². The van der Waals surface area contributed by atoms with Crippen LogP contribution < -0.4 is 5.32 Å². The fraction of sp³-hybridized carbons (Fsp3) is 1.00. The molecule has 1 aliphatic heterocycles. The van der Waals surface area contributed by atoms with Gasteiger partial charge >= 0.3 is 0 Å². The highest BCUT2D eigenvalue weighted by atomic mass is 15.2. The van der Waals surface area contributed by atoms with Crippen molar-refractivity contribution in [3.8, 4) is 0 Å². The van der Waals surface area contributed by atoms with Crippen molar-refractivity contribution in [1.29, 1.82) is 0 Å². The number of nitrogens with zero attached hydrogens (tertiary/aromatic N) is 1. The van der Waals surface area contributed by atoms with Crippen LogP contribution in [0.5, 0.6) is 0 Å². The van der Waals surface area contributed by atoms with Crippen molar-refractivity contribution >= 4 is 0 Å². The SMILES string of the molecule is CC(C)CC1CN(CCCC2CCCC2)CCN1. The van der Waals surface area contributed by atoms with Crippen LogP contribution in [0.25, 0.3) is 0 Å². The number of nitrogens with one attached hydrogen (secondary N) is 1. The molecule has 1 unspecified atom stereocenters. The lowest BCUT2D eigenvalue weighted by molar-refractivity contribution is 0.181. The van der Waals surface area contributed by atoms with E-state index in [0.29, 0.717) is 0 Å². The predicted octanol–water partition coefficient (Wildman–Crippen LogP) is 3.28. The van der Waals surface area contributed by atoms with E-state index >= 15 is 0 Å². The first kappa shape index (κ1) is 14.3. The van der Waals surface area contributed by atoms with Crippen molar-refractivity contribution in [3.05, 3.63) is 0 Å². The third-order valence-electron chi connectivity index (χ3n) is 4.66. The summed E-state index contributed by atoms with van der Waals surface area (Å²) >= 11 is 0. The highest BCUT2D eigenvalue weighted by molar-refractivity contribution is 4.79. The van der Waals surface area contributed by atoms with Crippen molar-refractivity contribution < 1.29 is 0 Å². The van der Waals surface area contributed by atoms with E-state index in [2.05, 4.69) is 24.1 Å². The minimum absolute atomic E-state index is 0.741. The molecule has 0 spiro atoms. The Hall–Kier alpha value is -0.0800. The topological polar surface area (TPSA) is 15.3 Å². The van der Waals surface area contributed by atoms with E-state index in [1.54, 1.807) is 0 Å². The van der Waals surface area contributed by atoms with Gasteiger partial charge in [0.15, 0.2) is 0 Å². The maximum absolute atomic E-state index is 3.67. The Morgan fingerprint density at radius 3 is 2.72 bits per heavy atom. The molecule has 1 saturated carbocycles. The lowest BCUT2D eigenvalue weighted by Crippen LogP contribution is -2.51. The first-order chi connectivity index (χ1) is 8.74. The average Bonchev–Trinajstić information content (AvgIpc) is 2.82. The molecule has 1 atom stereocenters. The van der Waals surface area contributed by atoms with Crippen molar-refractivity contribution in [1.82, 2.24) is 10.2 Å². The predicted molar refractivity (Wildman–Crippen MR) is 78.9 cm³/mol. The highest BCUT2D eigenvalue weighted by Crippen LogP contribution is 2.28. The van der Waals surface area contributed by atoms with Crippen LogP contribution in [0.2, 0.25) is 0 Å². The quantitative estimate of drug-likeness (QED) is 0.780. The Morgan fingerprint density at radius 1 is 1.22 bits per heavy atom. The molecule has 0 radical (unpaired) electrons. The van der Waals surface area contributed by atoms with Gasteiger partial charge in [-0.15, -0.1) is 0 Å². The number of piperazine rings is 1. The molecule has 2 heteroatoms. The summed E-state index contributed by atoms with van der Waals surface area (Å²) in [6.45, 7) is 9.75. The van der Waals surface area contributed by atoms with E-state index in [9.17, 15) is 0 Å². The molecule has 1 N–H and O–H groups in total. The van der Waals surface area contributed by atoms with E-state index in [-0.39, 0.29) is 0 Å². The average molecular weight is 252 g/mol. The van der Waals surface area contributed by atoms with Gasteiger partial charge in [0.05, 0.1) is 0 Å². The molecule has 0 aromatic heterocycles. The summed E-state index contributed by atoms with van der Waals surface area (Å²) in [5.41, 5.74) is 0. The van der Waals surface area contributed by atoms with Gasteiger partial charge in [0, 0.05) is 25.7 Å². The van der Waals surface area contributed by atoms with Crippen LogP contribution in [-0.2, 0) is 0 Å². The van der Waals surface area contributed by atoms with E-state index in [1.165, 1.54) is 71.1 Å². The second kappa shape index (κ2) is 7.49. The zero-order valence-corrected chi connectivity index (χ0v) is 12.5. The van der Waals surface area contributed by atoms with Gasteiger partial charge in [-0.05, 0) is 37.6 Å². The fourth-order valence-electron chi connectivity index (χ4n) is 3.73. The lowest BCUT2D eigenvalue weighted by atomic mass is 10.00. The standard InChI is InChI=1S/C16H32N2/c1-14(2)12-16-13-18(11-9-17-16)10-5-8-15-6-3-4-7-15/h14-17H,3-13H2,1-2H3. The third-order valence-corrected chi connectivity index (χ3v) is 4.66. The van der Waals surface area contributed by atoms with Gasteiger partial charge in [0.1, 0.15) is 0 Å². The molecule has 2 fully saturated rings. The largest absolute Gasteiger partial charge is 0.311 e. The molecule has 18 heavy (non-hydrogen) atoms. The first-order valence-corrected chi connectivity index (χ1v) is 8.20. The van der Waals surface area contributed by atoms with Crippen molar-refractivity contribution in [2.75, 3.05) is 26.2 Å². The van der Waals surface area contributed by atoms with Gasteiger partial charge in [-0.25, -0.2) is 0 Å². The van der Waals surface area contributed by atoms with Crippen LogP contribution in [0, 0.1) is 11.8 Å². The summed E-state index contributed by atoms with van der Waals surface area (Å²) in [5.74, 6) is 1.89. The number of hydrogen-bond donors (Lipinski definition) is 1. The summed E-state index contributed by atoms with van der Waals surface area (Å²) in [7, 11) is 0. The van der Waals surface area contributed by atoms with E-state index in [0.717, 1.165) is 17.9 Å². The van der Waals surface area contributed by atoms with Gasteiger partial charge < -0.3 is 10.2 Å². The second-order valence-electron chi connectivity index (χ2n) is 6.87. The Kier molecular flexibility index (Phi) is 5.97. The normalized spacial score (nSPS) is 27.2. The smallest absolute Gasteiger partial charge is 0.0197 e. The Balaban J connectivity index is 1.59. The first-order valence-electron chi connectivity index (χ1n) is 8.20. The molecular weight excluding hydrogens is 220 g/mol. The summed E-state index contributed by atoms with van der Waals surface area (Å²) in [6.07, 6.45) is 10.3. The second-order valence-corrected chi connectivity index (χ2v) is 6.87. The zero-order valence-electron chi connectivity index (χ0n) is 12.5. The van der Waals surface area contributed by atoms with Crippen molar-refractivity contribution in [3.63, 3.8) is 0 Å². The van der Waals surface area contributed by atoms with Gasteiger partial charge in [-0.3, -0.25) is 0 Å². The third kappa shape index (κ3) is 4.89. The van der Waals surface area contributed by atoms with Gasteiger partial charge in [0.2, 0.25) is 0 Å². The molecular formula is C16H32N2. The molecule has 0 bridgehead atoms. The maximum Gasteiger partial charge on any atom is 0.0197 e. The summed E-state index contributed by atoms with van der Waals surface area (Å²) < 4.78 is 0. The Labute approximate surface area is 114 Å². The number of rotatable bonds is 6. The van der Waals surface area contributed by atoms with Crippen LogP contribution in [-0.4, -0.2) is 37.1 Å². The molecule has 1 saturated heterocycles. The van der Waals surface area contributed by atoms with E-state index in [1.807, 2.05) is 0 Å². The van der Waals surface area contributed by atoms with Crippen LogP contribution in [0.1, 0.15) is 58.8 Å². The van der Waals surface area contributed by atoms with Crippen molar-refractivity contribution in [2.45, 2.75) is 64.8 Å². The van der Waals surface area contributed by atoms with Crippen molar-refractivity contribution in [2.24, 2.45) is 11.8 Å². The molecule has 0 amide bonds. The molecule has 2 nitrogen and oxygen atoms in total. The van der Waals surface area contributed by atoms with Gasteiger partial charge in [-0.2, -0.15) is 0 Å². The molecule has 1 heterocycles.